The van der Waals surface area contributed by atoms with Crippen LogP contribution in [0.1, 0.15) is 23.1 Å². The van der Waals surface area contributed by atoms with Gasteiger partial charge in [-0.25, -0.2) is 0 Å². The predicted octanol–water partition coefficient (Wildman–Crippen LogP) is 4.62. The first-order valence-corrected chi connectivity index (χ1v) is 8.61. The minimum absolute atomic E-state index is 0.0597. The molecule has 0 amide bonds. The number of benzene rings is 3. The Morgan fingerprint density at radius 1 is 0.692 bits per heavy atom. The lowest BCUT2D eigenvalue weighted by atomic mass is 9.99. The molecule has 26 heavy (non-hydrogen) atoms. The molecule has 0 radical (unpaired) electrons. The lowest BCUT2D eigenvalue weighted by Gasteiger charge is -2.18. The van der Waals surface area contributed by atoms with Gasteiger partial charge >= 0.3 is 0 Å². The van der Waals surface area contributed by atoms with Crippen LogP contribution in [0.4, 0.5) is 0 Å². The molecule has 0 unspecified atom stereocenters. The second kappa shape index (κ2) is 7.76. The fourth-order valence-electron chi connectivity index (χ4n) is 2.93. The van der Waals surface area contributed by atoms with E-state index in [4.69, 9.17) is 4.42 Å². The molecule has 0 atom stereocenters. The summed E-state index contributed by atoms with van der Waals surface area (Å²) in [7, 11) is 0. The highest BCUT2D eigenvalue weighted by Gasteiger charge is 2.15. The van der Waals surface area contributed by atoms with Gasteiger partial charge < -0.3 is 4.42 Å². The van der Waals surface area contributed by atoms with Crippen molar-refractivity contribution < 1.29 is 4.42 Å². The van der Waals surface area contributed by atoms with Crippen molar-refractivity contribution in [3.05, 3.63) is 108 Å². The maximum Gasteiger partial charge on any atom is 0.247 e. The largest absolute Gasteiger partial charge is 0.419 e. The molecule has 0 aliphatic rings. The molecular formula is C22H19N3O. The van der Waals surface area contributed by atoms with Crippen molar-refractivity contribution in [1.82, 2.24) is 15.5 Å². The van der Waals surface area contributed by atoms with Gasteiger partial charge in [-0.3, -0.25) is 5.32 Å². The molecular weight excluding hydrogens is 322 g/mol. The van der Waals surface area contributed by atoms with Crippen LogP contribution >= 0.6 is 0 Å². The van der Waals surface area contributed by atoms with Crippen molar-refractivity contribution in [2.45, 2.75) is 12.6 Å². The number of hydrogen-bond acceptors (Lipinski definition) is 4. The smallest absolute Gasteiger partial charge is 0.247 e. The lowest BCUT2D eigenvalue weighted by Crippen LogP contribution is -2.22. The van der Waals surface area contributed by atoms with Crippen molar-refractivity contribution in [3.8, 4) is 11.5 Å². The van der Waals surface area contributed by atoms with Gasteiger partial charge in [0.25, 0.3) is 0 Å². The van der Waals surface area contributed by atoms with Crippen molar-refractivity contribution in [2.75, 3.05) is 0 Å². The van der Waals surface area contributed by atoms with E-state index in [9.17, 15) is 0 Å². The zero-order chi connectivity index (χ0) is 17.6. The van der Waals surface area contributed by atoms with Crippen LogP contribution < -0.4 is 5.32 Å². The summed E-state index contributed by atoms with van der Waals surface area (Å²) in [6, 6.07) is 30.6. The molecule has 0 aliphatic heterocycles. The number of hydrogen-bond donors (Lipinski definition) is 1. The molecule has 0 saturated carbocycles. The Morgan fingerprint density at radius 3 is 1.81 bits per heavy atom. The van der Waals surface area contributed by atoms with Crippen LogP contribution in [0.15, 0.2) is 95.4 Å². The monoisotopic (exact) mass is 341 g/mol. The van der Waals surface area contributed by atoms with Crippen LogP contribution in [0.3, 0.4) is 0 Å². The van der Waals surface area contributed by atoms with Crippen LogP contribution in [0.5, 0.6) is 0 Å². The molecule has 1 aromatic heterocycles. The van der Waals surface area contributed by atoms with Crippen LogP contribution in [-0.4, -0.2) is 10.2 Å². The van der Waals surface area contributed by atoms with Gasteiger partial charge in [0.1, 0.15) is 0 Å². The van der Waals surface area contributed by atoms with Crippen LogP contribution in [0.2, 0.25) is 0 Å². The standard InChI is InChI=1S/C22H19N3O/c1-4-10-17(11-5-1)21(18-12-6-2-7-13-18)23-16-20-24-25-22(26-20)19-14-8-3-9-15-19/h1-15,21,23H,16H2. The Hall–Kier alpha value is -3.24. The van der Waals surface area contributed by atoms with Crippen molar-refractivity contribution in [2.24, 2.45) is 0 Å². The average molecular weight is 341 g/mol. The first kappa shape index (κ1) is 16.2. The third-order valence-corrected chi connectivity index (χ3v) is 4.21. The second-order valence-corrected chi connectivity index (χ2v) is 6.00. The van der Waals surface area contributed by atoms with Gasteiger partial charge in [0.15, 0.2) is 0 Å². The fourth-order valence-corrected chi connectivity index (χ4v) is 2.93. The van der Waals surface area contributed by atoms with Crippen molar-refractivity contribution >= 4 is 0 Å². The van der Waals surface area contributed by atoms with Crippen molar-refractivity contribution in [3.63, 3.8) is 0 Å². The molecule has 0 aliphatic carbocycles. The molecule has 0 saturated heterocycles. The summed E-state index contributed by atoms with van der Waals surface area (Å²) in [4.78, 5) is 0. The predicted molar refractivity (Wildman–Crippen MR) is 101 cm³/mol. The quantitative estimate of drug-likeness (QED) is 0.556. The topological polar surface area (TPSA) is 51.0 Å². The highest BCUT2D eigenvalue weighted by atomic mass is 16.4. The second-order valence-electron chi connectivity index (χ2n) is 6.00. The Bertz CT molecular complexity index is 897. The Morgan fingerprint density at radius 2 is 1.23 bits per heavy atom. The van der Waals surface area contributed by atoms with Gasteiger partial charge in [-0.1, -0.05) is 78.9 Å². The van der Waals surface area contributed by atoms with Crippen LogP contribution in [0, 0.1) is 0 Å². The van der Waals surface area contributed by atoms with E-state index in [1.54, 1.807) is 0 Å². The molecule has 1 N–H and O–H groups in total. The molecule has 4 rings (SSSR count). The average Bonchev–Trinajstić information content (AvgIpc) is 3.20. The highest BCUT2D eigenvalue weighted by molar-refractivity contribution is 5.51. The first-order chi connectivity index (χ1) is 12.9. The third-order valence-electron chi connectivity index (χ3n) is 4.21. The number of nitrogens with zero attached hydrogens (tertiary/aromatic N) is 2. The fraction of sp³-hybridized carbons (Fsp3) is 0.0909. The van der Waals surface area contributed by atoms with E-state index in [0.29, 0.717) is 18.3 Å². The van der Waals surface area contributed by atoms with E-state index in [0.717, 1.165) is 5.56 Å². The minimum Gasteiger partial charge on any atom is -0.419 e. The Kier molecular flexibility index (Phi) is 4.85. The third kappa shape index (κ3) is 3.71. The summed E-state index contributed by atoms with van der Waals surface area (Å²) in [6.07, 6.45) is 0. The van der Waals surface area contributed by atoms with E-state index in [1.807, 2.05) is 66.7 Å². The van der Waals surface area contributed by atoms with E-state index in [2.05, 4.69) is 39.8 Å². The van der Waals surface area contributed by atoms with Crippen LogP contribution in [-0.2, 0) is 6.54 Å². The number of rotatable bonds is 6. The van der Waals surface area contributed by atoms with Gasteiger partial charge in [-0.2, -0.15) is 0 Å². The van der Waals surface area contributed by atoms with Gasteiger partial charge in [0.2, 0.25) is 11.8 Å². The van der Waals surface area contributed by atoms with E-state index in [1.165, 1.54) is 11.1 Å². The van der Waals surface area contributed by atoms with E-state index in [-0.39, 0.29) is 6.04 Å². The zero-order valence-electron chi connectivity index (χ0n) is 14.2. The molecule has 1 heterocycles. The van der Waals surface area contributed by atoms with Crippen molar-refractivity contribution in [1.29, 1.82) is 0 Å². The zero-order valence-corrected chi connectivity index (χ0v) is 14.2. The summed E-state index contributed by atoms with van der Waals surface area (Å²) in [5, 5.41) is 11.9. The first-order valence-electron chi connectivity index (χ1n) is 8.61. The van der Waals surface area contributed by atoms with Gasteiger partial charge in [0.05, 0.1) is 12.6 Å². The maximum absolute atomic E-state index is 5.81. The molecule has 4 nitrogen and oxygen atoms in total. The lowest BCUT2D eigenvalue weighted by molar-refractivity contribution is 0.462. The Balaban J connectivity index is 1.53. The molecule has 3 aromatic carbocycles. The summed E-state index contributed by atoms with van der Waals surface area (Å²) in [6.45, 7) is 0.494. The summed E-state index contributed by atoms with van der Waals surface area (Å²) in [5.74, 6) is 1.11. The Labute approximate surface area is 152 Å². The van der Waals surface area contributed by atoms with Gasteiger partial charge in [0, 0.05) is 5.56 Å². The molecule has 4 aromatic rings. The normalized spacial score (nSPS) is 11.0. The summed E-state index contributed by atoms with van der Waals surface area (Å²) >= 11 is 0. The summed E-state index contributed by atoms with van der Waals surface area (Å²) < 4.78 is 5.81. The molecule has 0 bridgehead atoms. The molecule has 4 heteroatoms. The van der Waals surface area contributed by atoms with E-state index < -0.39 is 0 Å². The maximum atomic E-state index is 5.81. The highest BCUT2D eigenvalue weighted by Crippen LogP contribution is 2.23. The minimum atomic E-state index is 0.0597. The molecule has 128 valence electrons. The SMILES string of the molecule is c1ccc(-c2nnc(CNC(c3ccccc3)c3ccccc3)o2)cc1. The summed E-state index contributed by atoms with van der Waals surface area (Å²) in [5.41, 5.74) is 3.32. The molecule has 0 fully saturated rings. The van der Waals surface area contributed by atoms with Gasteiger partial charge in [-0.05, 0) is 23.3 Å². The number of aromatic nitrogens is 2. The van der Waals surface area contributed by atoms with Crippen LogP contribution in [0.25, 0.3) is 11.5 Å². The molecule has 0 spiro atoms. The van der Waals surface area contributed by atoms with Gasteiger partial charge in [-0.15, -0.1) is 10.2 Å². The van der Waals surface area contributed by atoms with E-state index >= 15 is 0 Å². The number of nitrogens with one attached hydrogen (secondary N) is 1.